The van der Waals surface area contributed by atoms with Crippen molar-refractivity contribution in [3.8, 4) is 0 Å². The predicted octanol–water partition coefficient (Wildman–Crippen LogP) is 14.5. The van der Waals surface area contributed by atoms with Crippen LogP contribution in [0.15, 0.2) is 48.5 Å². The Kier molecular flexibility index (Phi) is 28.1. The van der Waals surface area contributed by atoms with Gasteiger partial charge in [-0.3, -0.25) is 0 Å². The van der Waals surface area contributed by atoms with Gasteiger partial charge in [0, 0.05) is 0 Å². The monoisotopic (exact) mass is 677 g/mol. The SMILES string of the molecule is CCc1cc2c(C(C)C)cc(C(C)C)cc2[cH-]1.CCc1cc2c(C(C)C)cc(C(C)C)cc2[cH-]1.[CH2-]CCC.[CH2-]CCC.[CH3-].[CH3-].[Si]=[V]. The van der Waals surface area contributed by atoms with E-state index >= 15 is 0 Å². The van der Waals surface area contributed by atoms with E-state index < -0.39 is 0 Å². The number of hydrogen-bond donors (Lipinski definition) is 0. The first-order valence-electron chi connectivity index (χ1n) is 17.2. The van der Waals surface area contributed by atoms with E-state index in [2.05, 4.69) is 170 Å². The van der Waals surface area contributed by atoms with Crippen LogP contribution >= 0.6 is 0 Å². The molecule has 2 radical (unpaired) electrons. The van der Waals surface area contributed by atoms with Crippen molar-refractivity contribution in [3.05, 3.63) is 111 Å². The summed E-state index contributed by atoms with van der Waals surface area (Å²) in [5.74, 6) is 2.42. The van der Waals surface area contributed by atoms with Crippen molar-refractivity contribution in [1.29, 1.82) is 0 Å². The van der Waals surface area contributed by atoms with Crippen molar-refractivity contribution in [2.75, 3.05) is 0 Å². The van der Waals surface area contributed by atoms with Crippen molar-refractivity contribution in [3.63, 3.8) is 0 Å². The van der Waals surface area contributed by atoms with Gasteiger partial charge in [-0.2, -0.15) is 25.0 Å². The van der Waals surface area contributed by atoms with Gasteiger partial charge in [0.15, 0.2) is 0 Å². The van der Waals surface area contributed by atoms with Crippen LogP contribution in [0.3, 0.4) is 0 Å². The molecule has 0 aliphatic rings. The number of hydrogen-bond acceptors (Lipinski definition) is 0. The van der Waals surface area contributed by atoms with Gasteiger partial charge in [0.25, 0.3) is 0 Å². The van der Waals surface area contributed by atoms with Crippen LogP contribution in [0, 0.1) is 28.7 Å². The van der Waals surface area contributed by atoms with E-state index in [9.17, 15) is 0 Å². The maximum absolute atomic E-state index is 3.60. The topological polar surface area (TPSA) is 0 Å². The van der Waals surface area contributed by atoms with Crippen LogP contribution < -0.4 is 0 Å². The van der Waals surface area contributed by atoms with Gasteiger partial charge in [0.1, 0.15) is 0 Å². The Bertz CT molecular complexity index is 1210. The fourth-order valence-electron chi connectivity index (χ4n) is 4.90. The molecule has 0 N–H and O–H groups in total. The van der Waals surface area contributed by atoms with Crippen molar-refractivity contribution in [1.82, 2.24) is 0 Å². The molecule has 0 fully saturated rings. The van der Waals surface area contributed by atoms with Gasteiger partial charge in [-0.25, -0.2) is 0 Å². The average Bonchev–Trinajstić information content (AvgIpc) is 3.65. The molecule has 0 aromatic heterocycles. The van der Waals surface area contributed by atoms with E-state index in [1.807, 2.05) is 0 Å². The second-order valence-corrected chi connectivity index (χ2v) is 13.0. The summed E-state index contributed by atoms with van der Waals surface area (Å²) in [6.45, 7) is 34.1. The number of aryl methyl sites for hydroxylation is 2. The van der Waals surface area contributed by atoms with Crippen LogP contribution in [0.4, 0.5) is 0 Å². The molecular formula is C44H70SiV-6. The van der Waals surface area contributed by atoms with Crippen molar-refractivity contribution < 1.29 is 16.3 Å². The van der Waals surface area contributed by atoms with Crippen molar-refractivity contribution in [2.45, 2.75) is 145 Å². The van der Waals surface area contributed by atoms with Gasteiger partial charge < -0.3 is 28.7 Å². The van der Waals surface area contributed by atoms with Gasteiger partial charge in [0.05, 0.1) is 0 Å². The van der Waals surface area contributed by atoms with Crippen LogP contribution in [0.25, 0.3) is 21.5 Å². The number of unbranched alkanes of at least 4 members (excludes halogenated alkanes) is 2. The Morgan fingerprint density at radius 2 is 0.826 bits per heavy atom. The molecule has 0 nitrogen and oxygen atoms in total. The second-order valence-electron chi connectivity index (χ2n) is 13.0. The molecule has 0 saturated carbocycles. The molecule has 4 aromatic rings. The van der Waals surface area contributed by atoms with Gasteiger partial charge in [-0.1, -0.05) is 130 Å². The van der Waals surface area contributed by atoms with E-state index in [1.165, 1.54) is 67.8 Å². The third-order valence-corrected chi connectivity index (χ3v) is 7.97. The summed E-state index contributed by atoms with van der Waals surface area (Å²) < 4.78 is 0. The van der Waals surface area contributed by atoms with Crippen LogP contribution in [-0.2, 0) is 29.1 Å². The van der Waals surface area contributed by atoms with Crippen LogP contribution in [-0.4, -0.2) is 8.15 Å². The summed E-state index contributed by atoms with van der Waals surface area (Å²) in [7, 11) is 2.91. The van der Waals surface area contributed by atoms with E-state index in [1.54, 1.807) is 0 Å². The average molecular weight is 678 g/mol. The van der Waals surface area contributed by atoms with E-state index in [4.69, 9.17) is 0 Å². The van der Waals surface area contributed by atoms with Crippen LogP contribution in [0.2, 0.25) is 0 Å². The molecule has 261 valence electrons. The maximum atomic E-state index is 3.60. The number of benzene rings is 2. The minimum absolute atomic E-state index is 0. The molecule has 0 aliphatic heterocycles. The third-order valence-electron chi connectivity index (χ3n) is 7.97. The molecule has 4 rings (SSSR count). The molecule has 46 heavy (non-hydrogen) atoms. The molecule has 0 heterocycles. The first kappa shape index (κ1) is 48.9. The van der Waals surface area contributed by atoms with E-state index in [-0.39, 0.29) is 14.9 Å². The summed E-state index contributed by atoms with van der Waals surface area (Å²) in [5.41, 5.74) is 8.87. The normalized spacial score (nSPS) is 10.2. The summed E-state index contributed by atoms with van der Waals surface area (Å²) in [4.78, 5) is 0. The van der Waals surface area contributed by atoms with E-state index in [0.717, 1.165) is 25.7 Å². The molecule has 0 unspecified atom stereocenters. The Balaban J connectivity index is -0.000000605. The zero-order chi connectivity index (χ0) is 34.0. The third kappa shape index (κ3) is 15.6. The van der Waals surface area contributed by atoms with Gasteiger partial charge >= 0.3 is 24.4 Å². The summed E-state index contributed by atoms with van der Waals surface area (Å²) in [5, 5.41) is 5.77. The quantitative estimate of drug-likeness (QED) is 0.129. The molecule has 0 aliphatic carbocycles. The minimum atomic E-state index is 0. The molecule has 0 bridgehead atoms. The summed E-state index contributed by atoms with van der Waals surface area (Å²) in [6.07, 6.45) is 6.81. The first-order valence-corrected chi connectivity index (χ1v) is 19.7. The molecule has 0 saturated heterocycles. The molecule has 4 aromatic carbocycles. The van der Waals surface area contributed by atoms with E-state index in [0.29, 0.717) is 23.7 Å². The fourth-order valence-corrected chi connectivity index (χ4v) is 4.90. The Hall–Kier alpha value is -1.54. The van der Waals surface area contributed by atoms with Crippen LogP contribution in [0.1, 0.15) is 166 Å². The van der Waals surface area contributed by atoms with Crippen molar-refractivity contribution >= 4 is 29.7 Å². The van der Waals surface area contributed by atoms with Crippen LogP contribution in [0.5, 0.6) is 0 Å². The Morgan fingerprint density at radius 3 is 1.02 bits per heavy atom. The van der Waals surface area contributed by atoms with Gasteiger partial charge in [-0.15, -0.1) is 56.9 Å². The van der Waals surface area contributed by atoms with Gasteiger partial charge in [0.2, 0.25) is 0 Å². The zero-order valence-electron chi connectivity index (χ0n) is 32.5. The van der Waals surface area contributed by atoms with Crippen molar-refractivity contribution in [2.24, 2.45) is 0 Å². The first-order chi connectivity index (χ1) is 20.9. The number of fused-ring (bicyclic) bond motifs is 2. The second kappa shape index (κ2) is 26.4. The predicted molar refractivity (Wildman–Crippen MR) is 213 cm³/mol. The Morgan fingerprint density at radius 1 is 0.543 bits per heavy atom. The number of rotatable bonds is 8. The summed E-state index contributed by atoms with van der Waals surface area (Å²) >= 11 is 2.12. The fraction of sp³-hybridized carbons (Fsp3) is 0.500. The molecule has 0 atom stereocenters. The molecular weight excluding hydrogens is 608 g/mol. The summed E-state index contributed by atoms with van der Waals surface area (Å²) in [6, 6.07) is 19.0. The Labute approximate surface area is 300 Å². The molecule has 0 amide bonds. The molecule has 2 heteroatoms. The molecule has 0 spiro atoms. The zero-order valence-corrected chi connectivity index (χ0v) is 34.9. The standard InChI is InChI=1S/2C17H23.2C4H9.2CH3.Si.V/c2*1-6-13-7-15-9-14(11(2)3)10-16(12(4)5)17(15)8-13;2*1-3-4-2;;;;/h2*7-12H,6H2,1-5H3;2*1,3-4H2,2H3;2*1H3;;/q6*-1;;. The van der Waals surface area contributed by atoms with Gasteiger partial charge in [-0.05, 0) is 36.5 Å².